The Bertz CT molecular complexity index is 383. The summed E-state index contributed by atoms with van der Waals surface area (Å²) in [5.74, 6) is 0. The molecule has 1 heterocycles. The predicted octanol–water partition coefficient (Wildman–Crippen LogP) is 3.19. The van der Waals surface area contributed by atoms with E-state index in [4.69, 9.17) is 27.9 Å². The molecule has 1 aromatic rings. The molecule has 0 aliphatic carbocycles. The summed E-state index contributed by atoms with van der Waals surface area (Å²) in [6, 6.07) is 7.57. The molecule has 1 aliphatic rings. The molecule has 0 saturated carbocycles. The number of halogens is 2. The molecule has 1 aromatic carbocycles. The Morgan fingerprint density at radius 2 is 1.82 bits per heavy atom. The maximum absolute atomic E-state index is 11.1. The monoisotopic (exact) mass is 272 g/mol. The summed E-state index contributed by atoms with van der Waals surface area (Å²) in [4.78, 5) is 11.1. The lowest BCUT2D eigenvalue weighted by atomic mass is 9.72. The number of rotatable bonds is 3. The Balaban J connectivity index is 2.38. The average Bonchev–Trinajstić information content (AvgIpc) is 2.39. The van der Waals surface area contributed by atoms with E-state index < -0.39 is 5.38 Å². The highest BCUT2D eigenvalue weighted by Gasteiger charge is 2.40. The van der Waals surface area contributed by atoms with Crippen molar-refractivity contribution in [3.8, 4) is 0 Å². The molecule has 92 valence electrons. The average molecular weight is 273 g/mol. The minimum atomic E-state index is -0.521. The van der Waals surface area contributed by atoms with Crippen LogP contribution in [0.5, 0.6) is 0 Å². The fourth-order valence-corrected chi connectivity index (χ4v) is 2.84. The van der Waals surface area contributed by atoms with E-state index in [9.17, 15) is 4.79 Å². The molecule has 0 spiro atoms. The summed E-state index contributed by atoms with van der Waals surface area (Å²) in [6.07, 6.45) is 2.35. The van der Waals surface area contributed by atoms with Crippen LogP contribution >= 0.6 is 23.2 Å². The topological polar surface area (TPSA) is 26.3 Å². The van der Waals surface area contributed by atoms with Crippen LogP contribution in [0.4, 0.5) is 0 Å². The standard InChI is InChI=1S/C13H14Cl2O2/c14-11-3-1-10(2-4-11)13(12(15)9-16)5-7-17-8-6-13/h1-4,9,12H,5-8H2. The van der Waals surface area contributed by atoms with Gasteiger partial charge in [0.2, 0.25) is 0 Å². The second kappa shape index (κ2) is 5.38. The number of alkyl halides is 1. The zero-order chi connectivity index (χ0) is 12.3. The van der Waals surface area contributed by atoms with Crippen molar-refractivity contribution in [2.24, 2.45) is 0 Å². The molecular weight excluding hydrogens is 259 g/mol. The number of aldehydes is 1. The van der Waals surface area contributed by atoms with Crippen LogP contribution in [-0.2, 0) is 14.9 Å². The van der Waals surface area contributed by atoms with Crippen LogP contribution in [0.2, 0.25) is 5.02 Å². The molecule has 1 saturated heterocycles. The van der Waals surface area contributed by atoms with E-state index in [0.29, 0.717) is 18.2 Å². The highest BCUT2D eigenvalue weighted by molar-refractivity contribution is 6.30. The van der Waals surface area contributed by atoms with Crippen LogP contribution in [0, 0.1) is 0 Å². The number of carbonyl (C=O) groups excluding carboxylic acids is 1. The van der Waals surface area contributed by atoms with Gasteiger partial charge in [-0.2, -0.15) is 0 Å². The predicted molar refractivity (Wildman–Crippen MR) is 68.9 cm³/mol. The van der Waals surface area contributed by atoms with Gasteiger partial charge in [0.15, 0.2) is 0 Å². The number of hydrogen-bond acceptors (Lipinski definition) is 2. The highest BCUT2D eigenvalue weighted by atomic mass is 35.5. The smallest absolute Gasteiger partial charge is 0.138 e. The summed E-state index contributed by atoms with van der Waals surface area (Å²) in [6.45, 7) is 1.28. The van der Waals surface area contributed by atoms with Crippen molar-refractivity contribution in [2.75, 3.05) is 13.2 Å². The van der Waals surface area contributed by atoms with E-state index in [1.54, 1.807) is 0 Å². The third-order valence-corrected chi connectivity index (χ3v) is 4.22. The van der Waals surface area contributed by atoms with Gasteiger partial charge in [-0.05, 0) is 30.5 Å². The molecular formula is C13H14Cl2O2. The van der Waals surface area contributed by atoms with Gasteiger partial charge in [-0.25, -0.2) is 0 Å². The van der Waals surface area contributed by atoms with Crippen molar-refractivity contribution in [3.05, 3.63) is 34.9 Å². The molecule has 2 nitrogen and oxygen atoms in total. The Kier molecular flexibility index (Phi) is 4.08. The van der Waals surface area contributed by atoms with Crippen LogP contribution < -0.4 is 0 Å². The van der Waals surface area contributed by atoms with E-state index in [1.165, 1.54) is 0 Å². The zero-order valence-electron chi connectivity index (χ0n) is 9.36. The third-order valence-electron chi connectivity index (χ3n) is 3.45. The van der Waals surface area contributed by atoms with Crippen molar-refractivity contribution < 1.29 is 9.53 Å². The van der Waals surface area contributed by atoms with Crippen molar-refractivity contribution in [3.63, 3.8) is 0 Å². The fraction of sp³-hybridized carbons (Fsp3) is 0.462. The number of ether oxygens (including phenoxy) is 1. The molecule has 17 heavy (non-hydrogen) atoms. The normalized spacial score (nSPS) is 20.8. The summed E-state index contributed by atoms with van der Waals surface area (Å²) in [5, 5.41) is 0.167. The van der Waals surface area contributed by atoms with Gasteiger partial charge in [0.05, 0.1) is 5.38 Å². The van der Waals surface area contributed by atoms with Gasteiger partial charge >= 0.3 is 0 Å². The van der Waals surface area contributed by atoms with E-state index >= 15 is 0 Å². The van der Waals surface area contributed by atoms with Gasteiger partial charge in [-0.15, -0.1) is 11.6 Å². The van der Waals surface area contributed by atoms with Crippen LogP contribution in [0.1, 0.15) is 18.4 Å². The van der Waals surface area contributed by atoms with Crippen molar-refractivity contribution >= 4 is 29.5 Å². The number of carbonyl (C=O) groups is 1. The molecule has 1 fully saturated rings. The lowest BCUT2D eigenvalue weighted by Gasteiger charge is -2.39. The first-order chi connectivity index (χ1) is 8.19. The molecule has 2 rings (SSSR count). The third kappa shape index (κ3) is 2.49. The summed E-state index contributed by atoms with van der Waals surface area (Å²) >= 11 is 12.1. The van der Waals surface area contributed by atoms with E-state index in [-0.39, 0.29) is 5.41 Å². The quantitative estimate of drug-likeness (QED) is 0.624. The van der Waals surface area contributed by atoms with Gasteiger partial charge in [-0.3, -0.25) is 0 Å². The molecule has 4 heteroatoms. The maximum atomic E-state index is 11.1. The molecule has 0 aromatic heterocycles. The van der Waals surface area contributed by atoms with Crippen LogP contribution in [0.3, 0.4) is 0 Å². The number of benzene rings is 1. The minimum absolute atomic E-state index is 0.313. The molecule has 0 amide bonds. The number of hydrogen-bond donors (Lipinski definition) is 0. The summed E-state index contributed by atoms with van der Waals surface area (Å²) in [5.41, 5.74) is 0.754. The first kappa shape index (κ1) is 12.9. The van der Waals surface area contributed by atoms with E-state index in [1.807, 2.05) is 24.3 Å². The van der Waals surface area contributed by atoms with Crippen LogP contribution in [0.25, 0.3) is 0 Å². The molecule has 1 aliphatic heterocycles. The zero-order valence-corrected chi connectivity index (χ0v) is 10.9. The van der Waals surface area contributed by atoms with Gasteiger partial charge < -0.3 is 9.53 Å². The maximum Gasteiger partial charge on any atom is 0.138 e. The van der Waals surface area contributed by atoms with Gasteiger partial charge in [0.1, 0.15) is 6.29 Å². The second-order valence-electron chi connectivity index (χ2n) is 4.31. The Labute approximate surface area is 111 Å². The first-order valence-electron chi connectivity index (χ1n) is 5.62. The van der Waals surface area contributed by atoms with Crippen LogP contribution in [-0.4, -0.2) is 24.9 Å². The molecule has 0 radical (unpaired) electrons. The first-order valence-corrected chi connectivity index (χ1v) is 6.44. The van der Waals surface area contributed by atoms with E-state index in [2.05, 4.69) is 0 Å². The Morgan fingerprint density at radius 3 is 2.35 bits per heavy atom. The molecule has 0 N–H and O–H groups in total. The molecule has 1 atom stereocenters. The molecule has 0 bridgehead atoms. The van der Waals surface area contributed by atoms with Crippen molar-refractivity contribution in [1.29, 1.82) is 0 Å². The highest BCUT2D eigenvalue weighted by Crippen LogP contribution is 2.40. The Morgan fingerprint density at radius 1 is 1.24 bits per heavy atom. The second-order valence-corrected chi connectivity index (χ2v) is 5.22. The lowest BCUT2D eigenvalue weighted by molar-refractivity contribution is -0.109. The minimum Gasteiger partial charge on any atom is -0.381 e. The Hall–Kier alpha value is -0.570. The SMILES string of the molecule is O=CC(Cl)C1(c2ccc(Cl)cc2)CCOCC1. The van der Waals surface area contributed by atoms with Crippen molar-refractivity contribution in [1.82, 2.24) is 0 Å². The van der Waals surface area contributed by atoms with Crippen LogP contribution in [0.15, 0.2) is 24.3 Å². The van der Waals surface area contributed by atoms with Gasteiger partial charge in [-0.1, -0.05) is 23.7 Å². The largest absolute Gasteiger partial charge is 0.381 e. The van der Waals surface area contributed by atoms with E-state index in [0.717, 1.165) is 24.7 Å². The molecule has 1 unspecified atom stereocenters. The summed E-state index contributed by atoms with van der Waals surface area (Å²) in [7, 11) is 0. The lowest BCUT2D eigenvalue weighted by Crippen LogP contribution is -2.42. The van der Waals surface area contributed by atoms with Gasteiger partial charge in [0, 0.05) is 23.7 Å². The summed E-state index contributed by atoms with van der Waals surface area (Å²) < 4.78 is 5.36. The van der Waals surface area contributed by atoms with Gasteiger partial charge in [0.25, 0.3) is 0 Å². The fourth-order valence-electron chi connectivity index (χ4n) is 2.37. The van der Waals surface area contributed by atoms with Crippen molar-refractivity contribution in [2.45, 2.75) is 23.6 Å².